The molecule has 0 unspecified atom stereocenters. The highest BCUT2D eigenvalue weighted by atomic mass is 35.5. The van der Waals surface area contributed by atoms with Crippen molar-refractivity contribution in [2.75, 3.05) is 6.79 Å². The summed E-state index contributed by atoms with van der Waals surface area (Å²) >= 11 is 6.01. The summed E-state index contributed by atoms with van der Waals surface area (Å²) in [6, 6.07) is 15.1. The predicted molar refractivity (Wildman–Crippen MR) is 126 cm³/mol. The normalized spacial score (nSPS) is 13.1. The molecule has 1 atom stereocenters. The summed E-state index contributed by atoms with van der Waals surface area (Å²) < 4.78 is 12.9. The van der Waals surface area contributed by atoms with Gasteiger partial charge in [-0.3, -0.25) is 9.48 Å². The number of benzene rings is 3. The van der Waals surface area contributed by atoms with E-state index in [4.69, 9.17) is 26.2 Å². The highest BCUT2D eigenvalue weighted by molar-refractivity contribution is 6.30. The minimum atomic E-state index is -1.00. The fraction of sp³-hybridized carbons (Fsp3) is 0.160. The molecule has 34 heavy (non-hydrogen) atoms. The molecule has 1 aromatic heterocycles. The highest BCUT2D eigenvalue weighted by Crippen LogP contribution is 2.41. The average Bonchev–Trinajstić information content (AvgIpc) is 3.47. The van der Waals surface area contributed by atoms with Gasteiger partial charge in [0, 0.05) is 5.02 Å². The van der Waals surface area contributed by atoms with Crippen molar-refractivity contribution in [1.29, 1.82) is 0 Å². The number of carbonyl (C=O) groups is 2. The molecule has 1 aliphatic rings. The highest BCUT2D eigenvalue weighted by Gasteiger charge is 2.26. The van der Waals surface area contributed by atoms with Crippen LogP contribution in [-0.4, -0.2) is 33.6 Å². The number of aromatic carboxylic acids is 1. The molecule has 8 nitrogen and oxygen atoms in total. The van der Waals surface area contributed by atoms with Gasteiger partial charge < -0.3 is 19.9 Å². The number of nitrogens with zero attached hydrogens (tertiary/aromatic N) is 2. The number of ether oxygens (including phenoxy) is 2. The summed E-state index contributed by atoms with van der Waals surface area (Å²) in [5, 5.41) is 17.9. The largest absolute Gasteiger partial charge is 0.478 e. The van der Waals surface area contributed by atoms with Crippen molar-refractivity contribution in [2.45, 2.75) is 19.5 Å². The number of nitrogens with one attached hydrogen (secondary N) is 1. The van der Waals surface area contributed by atoms with Crippen LogP contribution in [-0.2, 0) is 6.54 Å². The van der Waals surface area contributed by atoms with Crippen molar-refractivity contribution in [3.05, 3.63) is 88.1 Å². The van der Waals surface area contributed by atoms with E-state index in [0.717, 1.165) is 11.1 Å². The molecule has 1 amide bonds. The molecule has 5 rings (SSSR count). The maximum atomic E-state index is 13.4. The summed E-state index contributed by atoms with van der Waals surface area (Å²) in [5.41, 5.74) is 2.98. The third-order valence-corrected chi connectivity index (χ3v) is 6.00. The van der Waals surface area contributed by atoms with Gasteiger partial charge >= 0.3 is 5.97 Å². The third kappa shape index (κ3) is 4.04. The van der Waals surface area contributed by atoms with Crippen LogP contribution in [0.4, 0.5) is 0 Å². The van der Waals surface area contributed by atoms with Crippen molar-refractivity contribution in [3.8, 4) is 11.5 Å². The van der Waals surface area contributed by atoms with E-state index >= 15 is 0 Å². The number of hydrogen-bond acceptors (Lipinski definition) is 5. The van der Waals surface area contributed by atoms with Gasteiger partial charge in [-0.2, -0.15) is 5.10 Å². The number of aromatic nitrogens is 2. The molecule has 0 bridgehead atoms. The first-order chi connectivity index (χ1) is 16.4. The van der Waals surface area contributed by atoms with Gasteiger partial charge in [0.2, 0.25) is 6.79 Å². The Labute approximate surface area is 199 Å². The Morgan fingerprint density at radius 2 is 1.88 bits per heavy atom. The summed E-state index contributed by atoms with van der Waals surface area (Å²) in [6.07, 6.45) is 1.67. The summed E-state index contributed by atoms with van der Waals surface area (Å²) in [4.78, 5) is 24.5. The van der Waals surface area contributed by atoms with Gasteiger partial charge in [0.1, 0.15) is 0 Å². The van der Waals surface area contributed by atoms with Crippen LogP contribution in [0.5, 0.6) is 11.5 Å². The minimum absolute atomic E-state index is 0.0736. The van der Waals surface area contributed by atoms with Gasteiger partial charge in [-0.25, -0.2) is 4.79 Å². The smallest absolute Gasteiger partial charge is 0.335 e. The Bertz CT molecular complexity index is 1400. The van der Waals surface area contributed by atoms with Gasteiger partial charge in [-0.1, -0.05) is 35.9 Å². The van der Waals surface area contributed by atoms with E-state index < -0.39 is 5.97 Å². The van der Waals surface area contributed by atoms with E-state index in [2.05, 4.69) is 10.4 Å². The molecular formula is C25H20ClN3O5. The number of halogens is 1. The molecule has 0 radical (unpaired) electrons. The Balaban J connectivity index is 1.49. The zero-order valence-electron chi connectivity index (χ0n) is 18.1. The number of carboxylic acid groups (broad SMARTS) is 1. The molecule has 9 heteroatoms. The molecule has 4 aromatic rings. The first kappa shape index (κ1) is 21.8. The Morgan fingerprint density at radius 3 is 2.59 bits per heavy atom. The first-order valence-electron chi connectivity index (χ1n) is 10.6. The second-order valence-corrected chi connectivity index (χ2v) is 8.41. The Hall–Kier alpha value is -4.04. The van der Waals surface area contributed by atoms with E-state index in [1.807, 2.05) is 31.2 Å². The standard InChI is InChI=1S/C25H20ClN3O5/c1-14(16-4-6-17(7-5-16)25(31)32)28-24(30)19-10-21-23(34-13-33-21)20-11-27-29(22(19)20)12-15-2-8-18(26)9-3-15/h2-11,14H,12-13H2,1H3,(H,28,30)(H,31,32)/t14-/m0/s1. The molecule has 1 aliphatic heterocycles. The predicted octanol–water partition coefficient (Wildman–Crippen LogP) is 4.66. The monoisotopic (exact) mass is 477 g/mol. The van der Waals surface area contributed by atoms with Crippen molar-refractivity contribution < 1.29 is 24.2 Å². The molecule has 3 aromatic carbocycles. The Kier molecular flexibility index (Phi) is 5.59. The van der Waals surface area contributed by atoms with Crippen LogP contribution in [0.2, 0.25) is 5.02 Å². The van der Waals surface area contributed by atoms with Crippen LogP contribution in [0.25, 0.3) is 10.9 Å². The molecule has 0 saturated carbocycles. The SMILES string of the molecule is C[C@H](NC(=O)c1cc2c(c3cnn(Cc4ccc(Cl)cc4)c13)OCO2)c1ccc(C(=O)O)cc1. The van der Waals surface area contributed by atoms with Crippen LogP contribution in [0, 0.1) is 0 Å². The molecule has 2 heterocycles. The maximum absolute atomic E-state index is 13.4. The molecule has 2 N–H and O–H groups in total. The van der Waals surface area contributed by atoms with Gasteiger partial charge in [0.25, 0.3) is 5.91 Å². The van der Waals surface area contributed by atoms with Crippen LogP contribution in [0.3, 0.4) is 0 Å². The number of hydrogen-bond donors (Lipinski definition) is 2. The molecule has 172 valence electrons. The number of carboxylic acids is 1. The lowest BCUT2D eigenvalue weighted by Crippen LogP contribution is -2.27. The quantitative estimate of drug-likeness (QED) is 0.419. The third-order valence-electron chi connectivity index (χ3n) is 5.75. The fourth-order valence-corrected chi connectivity index (χ4v) is 4.10. The number of fused-ring (bicyclic) bond motifs is 3. The topological polar surface area (TPSA) is 103 Å². The van der Waals surface area contributed by atoms with E-state index in [-0.39, 0.29) is 24.3 Å². The number of amides is 1. The molecule has 0 saturated heterocycles. The van der Waals surface area contributed by atoms with Crippen LogP contribution in [0.15, 0.2) is 60.8 Å². The van der Waals surface area contributed by atoms with Gasteiger partial charge in [-0.05, 0) is 48.4 Å². The lowest BCUT2D eigenvalue weighted by molar-refractivity contribution is 0.0696. The van der Waals surface area contributed by atoms with E-state index in [0.29, 0.717) is 39.5 Å². The van der Waals surface area contributed by atoms with Gasteiger partial charge in [-0.15, -0.1) is 0 Å². The van der Waals surface area contributed by atoms with Crippen molar-refractivity contribution >= 4 is 34.4 Å². The first-order valence-corrected chi connectivity index (χ1v) is 10.9. The summed E-state index contributed by atoms with van der Waals surface area (Å²) in [5.74, 6) is -0.260. The average molecular weight is 478 g/mol. The minimum Gasteiger partial charge on any atom is -0.478 e. The van der Waals surface area contributed by atoms with E-state index in [1.54, 1.807) is 29.1 Å². The number of carbonyl (C=O) groups excluding carboxylic acids is 1. The van der Waals surface area contributed by atoms with E-state index in [1.165, 1.54) is 12.1 Å². The van der Waals surface area contributed by atoms with Crippen LogP contribution < -0.4 is 14.8 Å². The van der Waals surface area contributed by atoms with Gasteiger partial charge in [0.15, 0.2) is 11.5 Å². The second-order valence-electron chi connectivity index (χ2n) is 7.97. The number of rotatable bonds is 6. The van der Waals surface area contributed by atoms with Crippen LogP contribution in [0.1, 0.15) is 44.8 Å². The second kappa shape index (κ2) is 8.72. The molecular weight excluding hydrogens is 458 g/mol. The van der Waals surface area contributed by atoms with Crippen molar-refractivity contribution in [2.24, 2.45) is 0 Å². The van der Waals surface area contributed by atoms with Crippen LogP contribution >= 0.6 is 11.6 Å². The van der Waals surface area contributed by atoms with Crippen molar-refractivity contribution in [1.82, 2.24) is 15.1 Å². The lowest BCUT2D eigenvalue weighted by atomic mass is 10.0. The molecule has 0 aliphatic carbocycles. The fourth-order valence-electron chi connectivity index (χ4n) is 3.97. The molecule has 0 fully saturated rings. The zero-order chi connectivity index (χ0) is 23.8. The summed E-state index contributed by atoms with van der Waals surface area (Å²) in [7, 11) is 0. The van der Waals surface area contributed by atoms with E-state index in [9.17, 15) is 9.59 Å². The van der Waals surface area contributed by atoms with Gasteiger partial charge in [0.05, 0.1) is 40.8 Å². The van der Waals surface area contributed by atoms with Crippen molar-refractivity contribution in [3.63, 3.8) is 0 Å². The Morgan fingerprint density at radius 1 is 1.15 bits per heavy atom. The molecule has 0 spiro atoms. The lowest BCUT2D eigenvalue weighted by Gasteiger charge is -2.16. The zero-order valence-corrected chi connectivity index (χ0v) is 18.9. The summed E-state index contributed by atoms with van der Waals surface area (Å²) in [6.45, 7) is 2.35. The maximum Gasteiger partial charge on any atom is 0.335 e.